The number of hydrogen-bond acceptors (Lipinski definition) is 5. The van der Waals surface area contributed by atoms with E-state index in [1.165, 1.54) is 6.20 Å². The van der Waals surface area contributed by atoms with E-state index >= 15 is 0 Å². The van der Waals surface area contributed by atoms with Crippen molar-refractivity contribution in [2.45, 2.75) is 12.8 Å². The average Bonchev–Trinajstić information content (AvgIpc) is 2.39. The van der Waals surface area contributed by atoms with Crippen LogP contribution in [0.3, 0.4) is 0 Å². The number of aliphatic hydroxyl groups excluding tert-OH is 1. The van der Waals surface area contributed by atoms with Gasteiger partial charge in [0.25, 0.3) is 0 Å². The van der Waals surface area contributed by atoms with Crippen molar-refractivity contribution in [1.29, 1.82) is 5.26 Å². The topological polar surface area (TPSA) is 73.0 Å². The Kier molecular flexibility index (Phi) is 3.32. The molecule has 0 unspecified atom stereocenters. The molecule has 0 bridgehead atoms. The third kappa shape index (κ3) is 2.28. The third-order valence-corrected chi connectivity index (χ3v) is 2.95. The molecular weight excluding hydrogens is 204 g/mol. The van der Waals surface area contributed by atoms with Crippen LogP contribution in [-0.2, 0) is 0 Å². The lowest BCUT2D eigenvalue weighted by atomic mass is 9.98. The fourth-order valence-corrected chi connectivity index (χ4v) is 1.89. The smallest absolute Gasteiger partial charge is 0.158 e. The molecule has 5 heteroatoms. The molecular formula is C11H14N4O. The summed E-state index contributed by atoms with van der Waals surface area (Å²) in [6.45, 7) is 2.06. The second-order valence-corrected chi connectivity index (χ2v) is 3.98. The highest BCUT2D eigenvalue weighted by atomic mass is 16.3. The minimum absolute atomic E-state index is 0.271. The summed E-state index contributed by atoms with van der Waals surface area (Å²) in [5.74, 6) is 1.23. The van der Waals surface area contributed by atoms with E-state index in [9.17, 15) is 0 Å². The van der Waals surface area contributed by atoms with Crippen LogP contribution in [-0.4, -0.2) is 34.8 Å². The van der Waals surface area contributed by atoms with Crippen LogP contribution in [0.4, 0.5) is 5.82 Å². The monoisotopic (exact) mass is 218 g/mol. The summed E-state index contributed by atoms with van der Waals surface area (Å²) in [6, 6.07) is 1.95. The second-order valence-electron chi connectivity index (χ2n) is 3.98. The van der Waals surface area contributed by atoms with Gasteiger partial charge in [-0.3, -0.25) is 0 Å². The Balaban J connectivity index is 2.00. The largest absolute Gasteiger partial charge is 0.396 e. The van der Waals surface area contributed by atoms with Gasteiger partial charge in [-0.05, 0) is 18.8 Å². The molecule has 0 atom stereocenters. The van der Waals surface area contributed by atoms with Gasteiger partial charge >= 0.3 is 0 Å². The van der Waals surface area contributed by atoms with Gasteiger partial charge in [0.15, 0.2) is 5.69 Å². The summed E-state index contributed by atoms with van der Waals surface area (Å²) < 4.78 is 0. The predicted molar refractivity (Wildman–Crippen MR) is 58.8 cm³/mol. The molecule has 0 aromatic carbocycles. The molecule has 0 radical (unpaired) electrons. The molecule has 1 aromatic heterocycles. The summed E-state index contributed by atoms with van der Waals surface area (Å²) in [4.78, 5) is 10.3. The van der Waals surface area contributed by atoms with Gasteiger partial charge in [0.05, 0.1) is 12.4 Å². The highest BCUT2D eigenvalue weighted by molar-refractivity contribution is 5.37. The van der Waals surface area contributed by atoms with Crippen molar-refractivity contribution >= 4 is 5.82 Å². The Morgan fingerprint density at radius 2 is 2.12 bits per heavy atom. The minimum atomic E-state index is 0.271. The van der Waals surface area contributed by atoms with Gasteiger partial charge in [-0.1, -0.05) is 0 Å². The Labute approximate surface area is 94.4 Å². The van der Waals surface area contributed by atoms with E-state index in [2.05, 4.69) is 14.9 Å². The standard InChI is InChI=1S/C11H14N4O/c12-5-10-6-14-11(7-13-10)15-3-1-9(8-16)2-4-15/h6-7,9,16H,1-4,8H2. The normalized spacial score (nSPS) is 17.1. The zero-order valence-corrected chi connectivity index (χ0v) is 9.00. The van der Waals surface area contributed by atoms with Gasteiger partial charge in [-0.15, -0.1) is 0 Å². The van der Waals surface area contributed by atoms with Gasteiger partial charge in [0.2, 0.25) is 0 Å². The molecule has 2 rings (SSSR count). The first-order valence-corrected chi connectivity index (χ1v) is 5.41. The number of hydrogen-bond donors (Lipinski definition) is 1. The number of rotatable bonds is 2. The molecule has 1 N–H and O–H groups in total. The third-order valence-electron chi connectivity index (χ3n) is 2.95. The number of anilines is 1. The van der Waals surface area contributed by atoms with Crippen molar-refractivity contribution in [3.63, 3.8) is 0 Å². The van der Waals surface area contributed by atoms with Crippen molar-refractivity contribution in [2.75, 3.05) is 24.6 Å². The number of nitriles is 1. The summed E-state index contributed by atoms with van der Waals surface area (Å²) in [7, 11) is 0. The molecule has 16 heavy (non-hydrogen) atoms. The van der Waals surface area contributed by atoms with Crippen molar-refractivity contribution in [1.82, 2.24) is 9.97 Å². The fourth-order valence-electron chi connectivity index (χ4n) is 1.89. The Morgan fingerprint density at radius 1 is 1.38 bits per heavy atom. The second kappa shape index (κ2) is 4.90. The van der Waals surface area contributed by atoms with E-state index in [1.807, 2.05) is 6.07 Å². The summed E-state index contributed by atoms with van der Waals surface area (Å²) >= 11 is 0. The van der Waals surface area contributed by atoms with Gasteiger partial charge in [-0.2, -0.15) is 5.26 Å². The molecule has 84 valence electrons. The van der Waals surface area contributed by atoms with Gasteiger partial charge < -0.3 is 10.0 Å². The molecule has 0 saturated carbocycles. The van der Waals surface area contributed by atoms with E-state index in [4.69, 9.17) is 10.4 Å². The zero-order chi connectivity index (χ0) is 11.4. The number of aliphatic hydroxyl groups is 1. The Morgan fingerprint density at radius 3 is 2.62 bits per heavy atom. The quantitative estimate of drug-likeness (QED) is 0.785. The number of aromatic nitrogens is 2. The molecule has 1 aromatic rings. The van der Waals surface area contributed by atoms with E-state index in [-0.39, 0.29) is 6.61 Å². The first kappa shape index (κ1) is 10.8. The molecule has 1 aliphatic rings. The van der Waals surface area contributed by atoms with E-state index in [0.29, 0.717) is 11.6 Å². The highest BCUT2D eigenvalue weighted by Crippen LogP contribution is 2.20. The van der Waals surface area contributed by atoms with Gasteiger partial charge in [0.1, 0.15) is 11.9 Å². The first-order chi connectivity index (χ1) is 7.83. The Bertz CT molecular complexity index is 376. The summed E-state index contributed by atoms with van der Waals surface area (Å²) in [6.07, 6.45) is 5.10. The van der Waals surface area contributed by atoms with E-state index in [1.54, 1.807) is 6.20 Å². The van der Waals surface area contributed by atoms with Crippen molar-refractivity contribution in [2.24, 2.45) is 5.92 Å². The van der Waals surface area contributed by atoms with Crippen LogP contribution in [0.5, 0.6) is 0 Å². The molecule has 1 saturated heterocycles. The first-order valence-electron chi connectivity index (χ1n) is 5.41. The zero-order valence-electron chi connectivity index (χ0n) is 9.00. The SMILES string of the molecule is N#Cc1cnc(N2CCC(CO)CC2)cn1. The lowest BCUT2D eigenvalue weighted by molar-refractivity contribution is 0.203. The van der Waals surface area contributed by atoms with Crippen LogP contribution in [0.1, 0.15) is 18.5 Å². The summed E-state index contributed by atoms with van der Waals surface area (Å²) in [5.41, 5.74) is 0.342. The average molecular weight is 218 g/mol. The van der Waals surface area contributed by atoms with Crippen molar-refractivity contribution in [3.8, 4) is 6.07 Å². The maximum Gasteiger partial charge on any atom is 0.158 e. The lowest BCUT2D eigenvalue weighted by Gasteiger charge is -2.31. The van der Waals surface area contributed by atoms with Crippen LogP contribution in [0.15, 0.2) is 12.4 Å². The predicted octanol–water partition coefficient (Wildman–Crippen LogP) is 0.557. The number of piperidine rings is 1. The molecule has 5 nitrogen and oxygen atoms in total. The molecule has 2 heterocycles. The summed E-state index contributed by atoms with van der Waals surface area (Å²) in [5, 5.41) is 17.6. The molecule has 0 amide bonds. The molecule has 1 fully saturated rings. The van der Waals surface area contributed by atoms with E-state index in [0.717, 1.165) is 31.7 Å². The lowest BCUT2D eigenvalue weighted by Crippen LogP contribution is -2.35. The van der Waals surface area contributed by atoms with Gasteiger partial charge in [0, 0.05) is 19.7 Å². The van der Waals surface area contributed by atoms with E-state index < -0.39 is 0 Å². The van der Waals surface area contributed by atoms with Crippen LogP contribution < -0.4 is 4.90 Å². The fraction of sp³-hybridized carbons (Fsp3) is 0.545. The van der Waals surface area contributed by atoms with Crippen LogP contribution >= 0.6 is 0 Å². The molecule has 0 spiro atoms. The van der Waals surface area contributed by atoms with Crippen LogP contribution in [0, 0.1) is 17.2 Å². The highest BCUT2D eigenvalue weighted by Gasteiger charge is 2.19. The minimum Gasteiger partial charge on any atom is -0.396 e. The van der Waals surface area contributed by atoms with Crippen molar-refractivity contribution < 1.29 is 5.11 Å². The molecule has 0 aliphatic carbocycles. The van der Waals surface area contributed by atoms with Crippen LogP contribution in [0.2, 0.25) is 0 Å². The number of nitrogens with zero attached hydrogens (tertiary/aromatic N) is 4. The maximum atomic E-state index is 9.03. The van der Waals surface area contributed by atoms with Crippen molar-refractivity contribution in [3.05, 3.63) is 18.1 Å². The van der Waals surface area contributed by atoms with Gasteiger partial charge in [-0.25, -0.2) is 9.97 Å². The van der Waals surface area contributed by atoms with Crippen LogP contribution in [0.25, 0.3) is 0 Å². The Hall–Kier alpha value is -1.67. The molecule has 1 aliphatic heterocycles. The maximum absolute atomic E-state index is 9.03.